The highest BCUT2D eigenvalue weighted by Crippen LogP contribution is 2.42. The number of fused-ring (bicyclic) bond motifs is 2. The van der Waals surface area contributed by atoms with Crippen LogP contribution in [0.15, 0.2) is 77.9 Å². The number of aromatic nitrogens is 3. The number of amides is 2. The third-order valence-electron chi connectivity index (χ3n) is 10.6. The Kier molecular flexibility index (Phi) is 9.91. The molecule has 3 aromatic heterocycles. The molecule has 2 atom stereocenters. The molecule has 0 radical (unpaired) electrons. The van der Waals surface area contributed by atoms with Crippen LogP contribution in [0.2, 0.25) is 10.0 Å². The zero-order valence-corrected chi connectivity index (χ0v) is 30.8. The zero-order chi connectivity index (χ0) is 36.6. The molecule has 5 aromatic rings. The largest absolute Gasteiger partial charge is 0.481 e. The normalized spacial score (nSPS) is 18.8. The Hall–Kier alpha value is -4.81. The summed E-state index contributed by atoms with van der Waals surface area (Å²) in [5, 5.41) is 7.39. The van der Waals surface area contributed by atoms with Gasteiger partial charge in [0.15, 0.2) is 0 Å². The van der Waals surface area contributed by atoms with E-state index in [2.05, 4.69) is 20.5 Å². The summed E-state index contributed by atoms with van der Waals surface area (Å²) < 4.78 is 7.23. The predicted molar refractivity (Wildman–Crippen MR) is 205 cm³/mol. The summed E-state index contributed by atoms with van der Waals surface area (Å²) in [5.74, 6) is 0.822. The molecule has 0 unspecified atom stereocenters. The summed E-state index contributed by atoms with van der Waals surface area (Å²) in [6.07, 6.45) is 6.29. The van der Waals surface area contributed by atoms with Crippen molar-refractivity contribution in [2.75, 3.05) is 33.3 Å². The highest BCUT2D eigenvalue weighted by molar-refractivity contribution is 6.39. The Morgan fingerprint density at radius 3 is 2.45 bits per heavy atom. The van der Waals surface area contributed by atoms with Crippen molar-refractivity contribution in [1.82, 2.24) is 34.8 Å². The van der Waals surface area contributed by atoms with Crippen LogP contribution in [0.5, 0.6) is 5.88 Å². The highest BCUT2D eigenvalue weighted by Gasteiger charge is 2.35. The van der Waals surface area contributed by atoms with Gasteiger partial charge in [-0.1, -0.05) is 65.7 Å². The van der Waals surface area contributed by atoms with Crippen molar-refractivity contribution in [3.8, 4) is 39.4 Å². The molecule has 0 aliphatic carbocycles. The van der Waals surface area contributed by atoms with Crippen LogP contribution in [0.25, 0.3) is 39.2 Å². The third kappa shape index (κ3) is 7.02. The molecule has 272 valence electrons. The third-order valence-corrected chi connectivity index (χ3v) is 11.4. The van der Waals surface area contributed by atoms with Gasteiger partial charge in [0.25, 0.3) is 5.56 Å². The average molecular weight is 753 g/mol. The molecule has 3 saturated heterocycles. The molecule has 53 heavy (non-hydrogen) atoms. The quantitative estimate of drug-likeness (QED) is 0.190. The van der Waals surface area contributed by atoms with Gasteiger partial charge in [0.1, 0.15) is 5.65 Å². The van der Waals surface area contributed by atoms with Crippen molar-refractivity contribution in [1.29, 1.82) is 0 Å². The minimum absolute atomic E-state index is 0.0940. The first-order chi connectivity index (χ1) is 25.8. The Morgan fingerprint density at radius 1 is 0.906 bits per heavy atom. The molecule has 3 fully saturated rings. The lowest BCUT2D eigenvalue weighted by molar-refractivity contribution is -0.130. The van der Waals surface area contributed by atoms with Crippen LogP contribution < -0.4 is 20.9 Å². The zero-order valence-electron chi connectivity index (χ0n) is 29.3. The molecule has 0 spiro atoms. The van der Waals surface area contributed by atoms with Crippen LogP contribution in [0.3, 0.4) is 0 Å². The van der Waals surface area contributed by atoms with E-state index in [1.807, 2.05) is 65.6 Å². The molecule has 2 aromatic carbocycles. The Balaban J connectivity index is 1.02. The molecule has 13 heteroatoms. The lowest BCUT2D eigenvalue weighted by atomic mass is 9.97. The number of methoxy groups -OCH3 is 1. The van der Waals surface area contributed by atoms with Gasteiger partial charge in [-0.25, -0.2) is 9.97 Å². The van der Waals surface area contributed by atoms with Gasteiger partial charge in [0.2, 0.25) is 17.7 Å². The maximum Gasteiger partial charge on any atom is 0.262 e. The highest BCUT2D eigenvalue weighted by atomic mass is 35.5. The van der Waals surface area contributed by atoms with Gasteiger partial charge in [0, 0.05) is 104 Å². The average Bonchev–Trinajstić information content (AvgIpc) is 3.76. The first-order valence-electron chi connectivity index (χ1n) is 17.9. The number of nitrogens with zero attached hydrogens (tertiary/aromatic N) is 5. The summed E-state index contributed by atoms with van der Waals surface area (Å²) in [5.41, 5.74) is 6.44. The SMILES string of the molecule is COc1nc(-c2cccc(-c3cccc(-c4ccn5c(=O)c(CN6CCN7C(=O)CC[C@@H]7C6)cnc5c4)c3Cl)c2Cl)ccc1CNC[C@@H]1CCC(=O)N1. The number of halogens is 2. The van der Waals surface area contributed by atoms with Gasteiger partial charge in [0.05, 0.1) is 28.4 Å². The van der Waals surface area contributed by atoms with Crippen LogP contribution in [0.4, 0.5) is 0 Å². The number of rotatable bonds is 10. The summed E-state index contributed by atoms with van der Waals surface area (Å²) >= 11 is 14.2. The number of piperazine rings is 1. The summed E-state index contributed by atoms with van der Waals surface area (Å²) in [6.45, 7) is 3.92. The summed E-state index contributed by atoms with van der Waals surface area (Å²) in [4.78, 5) is 50.9. The molecular formula is C40H39Cl2N7O4. The monoisotopic (exact) mass is 751 g/mol. The van der Waals surface area contributed by atoms with E-state index in [0.717, 1.165) is 59.3 Å². The van der Waals surface area contributed by atoms with Crippen molar-refractivity contribution in [3.05, 3.63) is 105 Å². The standard InChI is InChI=1S/C40H39Cl2N7O4/c1-53-39-25(19-43-21-27-9-12-35(50)45-27)8-11-33(46-39)32-7-3-6-31(38(32)42)30-5-2-4-29(37(30)41)24-14-15-49-34(18-24)44-20-26(40(49)52)22-47-16-17-48-28(23-47)10-13-36(48)51/h2-8,11,14-15,18,20,27-28,43H,9-10,12-13,16-17,19,21-23H2,1H3,(H,45,50)/t27-,28+/m0/s1. The van der Waals surface area contributed by atoms with Crippen LogP contribution in [0, 0.1) is 0 Å². The van der Waals surface area contributed by atoms with Crippen LogP contribution in [-0.4, -0.2) is 81.4 Å². The van der Waals surface area contributed by atoms with Crippen molar-refractivity contribution < 1.29 is 14.3 Å². The number of benzene rings is 2. The number of pyridine rings is 2. The second kappa shape index (κ2) is 14.9. The first kappa shape index (κ1) is 35.2. The summed E-state index contributed by atoms with van der Waals surface area (Å²) in [6, 6.07) is 19.6. The van der Waals surface area contributed by atoms with Gasteiger partial charge in [-0.2, -0.15) is 0 Å². The predicted octanol–water partition coefficient (Wildman–Crippen LogP) is 5.58. The molecule has 6 heterocycles. The number of carbonyl (C=O) groups is 2. The van der Waals surface area contributed by atoms with Gasteiger partial charge in [-0.05, 0) is 36.6 Å². The Morgan fingerprint density at radius 2 is 1.68 bits per heavy atom. The van der Waals surface area contributed by atoms with Crippen molar-refractivity contribution in [2.24, 2.45) is 0 Å². The fraction of sp³-hybridized carbons (Fsp3) is 0.325. The molecular weight excluding hydrogens is 713 g/mol. The van der Waals surface area contributed by atoms with E-state index in [1.165, 1.54) is 0 Å². The van der Waals surface area contributed by atoms with Crippen LogP contribution in [0.1, 0.15) is 36.8 Å². The molecule has 2 amide bonds. The van der Waals surface area contributed by atoms with Crippen LogP contribution in [-0.2, 0) is 22.7 Å². The van der Waals surface area contributed by atoms with E-state index < -0.39 is 0 Å². The minimum Gasteiger partial charge on any atom is -0.481 e. The van der Waals surface area contributed by atoms with Crippen molar-refractivity contribution >= 4 is 40.7 Å². The maximum atomic E-state index is 13.5. The fourth-order valence-corrected chi connectivity index (χ4v) is 8.41. The Bertz CT molecular complexity index is 2300. The van der Waals surface area contributed by atoms with Gasteiger partial charge in [-0.3, -0.25) is 23.7 Å². The molecule has 0 saturated carbocycles. The van der Waals surface area contributed by atoms with E-state index in [-0.39, 0.29) is 29.5 Å². The van der Waals surface area contributed by atoms with E-state index in [0.29, 0.717) is 71.9 Å². The lowest BCUT2D eigenvalue weighted by Gasteiger charge is -2.37. The molecule has 0 bridgehead atoms. The smallest absolute Gasteiger partial charge is 0.262 e. The summed E-state index contributed by atoms with van der Waals surface area (Å²) in [7, 11) is 1.59. The Labute approximate surface area is 316 Å². The van der Waals surface area contributed by atoms with E-state index in [9.17, 15) is 14.4 Å². The van der Waals surface area contributed by atoms with Gasteiger partial charge in [-0.15, -0.1) is 0 Å². The van der Waals surface area contributed by atoms with E-state index in [1.54, 1.807) is 23.9 Å². The lowest BCUT2D eigenvalue weighted by Crippen LogP contribution is -2.51. The maximum absolute atomic E-state index is 13.5. The van der Waals surface area contributed by atoms with Gasteiger partial charge >= 0.3 is 0 Å². The molecule has 3 aliphatic heterocycles. The van der Waals surface area contributed by atoms with Crippen LogP contribution >= 0.6 is 23.2 Å². The van der Waals surface area contributed by atoms with E-state index in [4.69, 9.17) is 32.9 Å². The molecule has 2 N–H and O–H groups in total. The number of carbonyl (C=O) groups excluding carboxylic acids is 2. The molecule has 8 rings (SSSR count). The number of hydrogen-bond donors (Lipinski definition) is 2. The number of ether oxygens (including phenoxy) is 1. The molecule has 11 nitrogen and oxygen atoms in total. The van der Waals surface area contributed by atoms with Crippen molar-refractivity contribution in [3.63, 3.8) is 0 Å². The first-order valence-corrected chi connectivity index (χ1v) is 18.7. The second-order valence-electron chi connectivity index (χ2n) is 13.9. The molecule has 3 aliphatic rings. The van der Waals surface area contributed by atoms with Gasteiger partial charge < -0.3 is 20.3 Å². The minimum atomic E-state index is -0.108. The van der Waals surface area contributed by atoms with E-state index >= 15 is 0 Å². The topological polar surface area (TPSA) is 121 Å². The number of nitrogens with one attached hydrogen (secondary N) is 2. The number of hydrogen-bond acceptors (Lipinski definition) is 8. The van der Waals surface area contributed by atoms with Crippen molar-refractivity contribution in [2.45, 2.75) is 50.9 Å². The fourth-order valence-electron chi connectivity index (χ4n) is 7.75. The second-order valence-corrected chi connectivity index (χ2v) is 14.6.